The summed E-state index contributed by atoms with van der Waals surface area (Å²) in [5, 5.41) is 87.6. The monoisotopic (exact) mass is 1250 g/mol. The average molecular weight is 1250 g/mol. The van der Waals surface area contributed by atoms with E-state index >= 15 is 0 Å². The molecule has 2 saturated heterocycles. The lowest BCUT2D eigenvalue weighted by Gasteiger charge is -2.46. The van der Waals surface area contributed by atoms with Crippen LogP contribution in [-0.4, -0.2) is 140 Å². The number of ether oxygens (including phenoxy) is 4. The van der Waals surface area contributed by atoms with Crippen LogP contribution in [-0.2, 0) is 23.7 Å². The fourth-order valence-electron chi connectivity index (χ4n) is 12.9. The van der Waals surface area contributed by atoms with E-state index in [1.165, 1.54) is 295 Å². The summed E-state index contributed by atoms with van der Waals surface area (Å²) in [4.78, 5) is 13.4. The predicted octanol–water partition coefficient (Wildman–Crippen LogP) is 16.1. The van der Waals surface area contributed by atoms with Gasteiger partial charge in [0, 0.05) is 6.42 Å². The minimum Gasteiger partial charge on any atom is -0.394 e. The molecule has 2 aliphatic rings. The number of amides is 1. The van der Waals surface area contributed by atoms with E-state index in [1.54, 1.807) is 6.08 Å². The number of aliphatic hydroxyl groups is 8. The van der Waals surface area contributed by atoms with Gasteiger partial charge in [0.25, 0.3) is 0 Å². The van der Waals surface area contributed by atoms with Crippen molar-refractivity contribution in [3.63, 3.8) is 0 Å². The molecule has 0 aromatic rings. The van der Waals surface area contributed by atoms with Gasteiger partial charge in [-0.05, 0) is 19.3 Å². The van der Waals surface area contributed by atoms with Crippen LogP contribution in [0.25, 0.3) is 0 Å². The van der Waals surface area contributed by atoms with Crippen molar-refractivity contribution in [3.05, 3.63) is 12.2 Å². The number of carbonyl (C=O) groups excluding carboxylic acids is 1. The van der Waals surface area contributed by atoms with Gasteiger partial charge < -0.3 is 65.1 Å². The van der Waals surface area contributed by atoms with Gasteiger partial charge in [0.15, 0.2) is 12.6 Å². The number of unbranched alkanes of at least 4 members (excludes halogenated alkanes) is 51. The van der Waals surface area contributed by atoms with E-state index in [4.69, 9.17) is 18.9 Å². The molecule has 14 heteroatoms. The van der Waals surface area contributed by atoms with Gasteiger partial charge in [-0.1, -0.05) is 347 Å². The molecule has 0 aromatic carbocycles. The zero-order valence-electron chi connectivity index (χ0n) is 57.0. The first kappa shape index (κ1) is 82.8. The molecule has 12 unspecified atom stereocenters. The lowest BCUT2D eigenvalue weighted by atomic mass is 9.97. The van der Waals surface area contributed by atoms with E-state index < -0.39 is 86.8 Å². The molecule has 0 spiro atoms. The number of aliphatic hydroxyl groups excluding tert-OH is 8. The second-order valence-corrected chi connectivity index (χ2v) is 27.1. The Kier molecular flexibility index (Phi) is 56.0. The topological polar surface area (TPSA) is 228 Å². The van der Waals surface area contributed by atoms with Crippen molar-refractivity contribution in [2.24, 2.45) is 0 Å². The van der Waals surface area contributed by atoms with Gasteiger partial charge in [0.1, 0.15) is 48.8 Å². The van der Waals surface area contributed by atoms with Gasteiger partial charge in [0.2, 0.25) is 5.91 Å². The summed E-state index contributed by atoms with van der Waals surface area (Å²) in [6.45, 7) is 2.87. The van der Waals surface area contributed by atoms with Crippen LogP contribution in [0, 0.1) is 0 Å². The van der Waals surface area contributed by atoms with Crippen LogP contribution in [0.15, 0.2) is 12.2 Å². The summed E-state index contributed by atoms with van der Waals surface area (Å²) >= 11 is 0. The fraction of sp³-hybridized carbons (Fsp3) is 0.959. The highest BCUT2D eigenvalue weighted by atomic mass is 16.7. The van der Waals surface area contributed by atoms with E-state index in [1.807, 2.05) is 6.08 Å². The molecule has 14 nitrogen and oxygen atoms in total. The normalized spacial score (nSPS) is 23.1. The van der Waals surface area contributed by atoms with Crippen LogP contribution in [0.3, 0.4) is 0 Å². The number of hydrogen-bond donors (Lipinski definition) is 9. The molecule has 1 amide bonds. The standard InChI is InChI=1S/C74H143NO13/c1-3-5-7-9-11-13-15-17-19-21-23-25-27-29-30-31-32-34-36-38-40-42-44-46-48-50-52-54-56-58-66(79)75-62(61-85-73-71(84)69(82)72(65(60-77)87-73)88-74-70(83)68(81)67(80)64(59-76)86-74)63(78)57-55-53-51-49-47-45-43-41-39-37-35-33-28-26-24-22-20-18-16-14-12-10-8-6-4-2/h55,57,62-65,67-74,76-78,80-84H,3-54,56,58-61H2,1-2H3,(H,75,79)/b57-55+. The third-order valence-corrected chi connectivity index (χ3v) is 19.0. The SMILES string of the molecule is CCCCCCCCCCCCCCCCCCCCCCCCC/C=C/C(O)C(COC1OC(CO)C(OC2OC(CO)C(O)C(O)C2O)C(O)C1O)NC(=O)CCCCCCCCCCCCCCCCCCCCCCCCCCCCCCC. The van der Waals surface area contributed by atoms with E-state index in [2.05, 4.69) is 19.2 Å². The zero-order chi connectivity index (χ0) is 63.8. The summed E-state index contributed by atoms with van der Waals surface area (Å²) < 4.78 is 22.9. The third-order valence-electron chi connectivity index (χ3n) is 19.0. The van der Waals surface area contributed by atoms with Gasteiger partial charge in [0.05, 0.1) is 32.0 Å². The number of allylic oxidation sites excluding steroid dienone is 1. The van der Waals surface area contributed by atoms with Gasteiger partial charge in [-0.15, -0.1) is 0 Å². The molecule has 0 bridgehead atoms. The number of nitrogens with one attached hydrogen (secondary N) is 1. The van der Waals surface area contributed by atoms with E-state index in [0.717, 1.165) is 44.9 Å². The minimum absolute atomic E-state index is 0.229. The van der Waals surface area contributed by atoms with Crippen LogP contribution >= 0.6 is 0 Å². The molecular weight excluding hydrogens is 1110 g/mol. The Labute approximate surface area is 539 Å². The van der Waals surface area contributed by atoms with Crippen molar-refractivity contribution in [2.45, 2.75) is 434 Å². The largest absolute Gasteiger partial charge is 0.394 e. The Morgan fingerprint density at radius 3 is 1.05 bits per heavy atom. The Morgan fingerprint density at radius 1 is 0.398 bits per heavy atom. The molecule has 2 fully saturated rings. The first-order chi connectivity index (χ1) is 43.1. The molecule has 522 valence electrons. The smallest absolute Gasteiger partial charge is 0.220 e. The van der Waals surface area contributed by atoms with Crippen molar-refractivity contribution in [1.29, 1.82) is 0 Å². The van der Waals surface area contributed by atoms with Crippen molar-refractivity contribution in [3.8, 4) is 0 Å². The Morgan fingerprint density at radius 2 is 0.705 bits per heavy atom. The summed E-state index contributed by atoms with van der Waals surface area (Å²) in [5.74, 6) is -0.229. The molecule has 2 aliphatic heterocycles. The van der Waals surface area contributed by atoms with E-state index in [9.17, 15) is 45.6 Å². The Balaban J connectivity index is 1.64. The summed E-state index contributed by atoms with van der Waals surface area (Å²) in [5.41, 5.74) is 0. The molecular formula is C74H143NO13. The summed E-state index contributed by atoms with van der Waals surface area (Å²) in [6, 6.07) is -0.912. The highest BCUT2D eigenvalue weighted by Crippen LogP contribution is 2.30. The van der Waals surface area contributed by atoms with Gasteiger partial charge in [-0.3, -0.25) is 4.79 Å². The highest BCUT2D eigenvalue weighted by Gasteiger charge is 2.51. The summed E-state index contributed by atoms with van der Waals surface area (Å²) in [6.07, 6.45) is 57.1. The molecule has 2 rings (SSSR count). The third kappa shape index (κ3) is 42.9. The first-order valence-electron chi connectivity index (χ1n) is 37.9. The van der Waals surface area contributed by atoms with Crippen LogP contribution in [0.2, 0.25) is 0 Å². The zero-order valence-corrected chi connectivity index (χ0v) is 57.0. The number of carbonyl (C=O) groups is 1. The van der Waals surface area contributed by atoms with Crippen molar-refractivity contribution in [2.75, 3.05) is 19.8 Å². The minimum atomic E-state index is -1.79. The van der Waals surface area contributed by atoms with Gasteiger partial charge in [-0.2, -0.15) is 0 Å². The van der Waals surface area contributed by atoms with Crippen LogP contribution in [0.1, 0.15) is 361 Å². The molecule has 2 heterocycles. The Bertz CT molecular complexity index is 1520. The first-order valence-corrected chi connectivity index (χ1v) is 37.9. The molecule has 0 aromatic heterocycles. The lowest BCUT2D eigenvalue weighted by Crippen LogP contribution is -2.65. The molecule has 9 N–H and O–H groups in total. The second-order valence-electron chi connectivity index (χ2n) is 27.1. The molecule has 0 radical (unpaired) electrons. The maximum Gasteiger partial charge on any atom is 0.220 e. The molecule has 12 atom stereocenters. The molecule has 0 aliphatic carbocycles. The quantitative estimate of drug-likeness (QED) is 0.0204. The fourth-order valence-corrected chi connectivity index (χ4v) is 12.9. The second kappa shape index (κ2) is 59.5. The molecule has 88 heavy (non-hydrogen) atoms. The Hall–Kier alpha value is -1.27. The molecule has 0 saturated carbocycles. The maximum atomic E-state index is 13.4. The van der Waals surface area contributed by atoms with E-state index in [-0.39, 0.29) is 18.9 Å². The van der Waals surface area contributed by atoms with Gasteiger partial charge in [-0.25, -0.2) is 0 Å². The van der Waals surface area contributed by atoms with Gasteiger partial charge >= 0.3 is 0 Å². The van der Waals surface area contributed by atoms with Crippen molar-refractivity contribution < 1.29 is 64.6 Å². The van der Waals surface area contributed by atoms with E-state index in [0.29, 0.717) is 0 Å². The lowest BCUT2D eigenvalue weighted by molar-refractivity contribution is -0.359. The number of hydrogen-bond acceptors (Lipinski definition) is 13. The van der Waals surface area contributed by atoms with Crippen molar-refractivity contribution >= 4 is 5.91 Å². The number of rotatable bonds is 64. The highest BCUT2D eigenvalue weighted by molar-refractivity contribution is 5.76. The van der Waals surface area contributed by atoms with Crippen LogP contribution in [0.5, 0.6) is 0 Å². The van der Waals surface area contributed by atoms with Crippen LogP contribution < -0.4 is 5.32 Å². The van der Waals surface area contributed by atoms with Crippen LogP contribution in [0.4, 0.5) is 0 Å². The summed E-state index contributed by atoms with van der Waals surface area (Å²) in [7, 11) is 0. The maximum absolute atomic E-state index is 13.4. The van der Waals surface area contributed by atoms with Crippen molar-refractivity contribution in [1.82, 2.24) is 5.32 Å². The predicted molar refractivity (Wildman–Crippen MR) is 360 cm³/mol. The average Bonchev–Trinajstić information content (AvgIpc) is 1.75.